The molecule has 1 unspecified atom stereocenters. The van der Waals surface area contributed by atoms with Crippen molar-refractivity contribution < 1.29 is 9.18 Å². The fraction of sp³-hybridized carbons (Fsp3) is 0.500. The van der Waals surface area contributed by atoms with Gasteiger partial charge >= 0.3 is 0 Å². The van der Waals surface area contributed by atoms with Gasteiger partial charge in [-0.15, -0.1) is 0 Å². The summed E-state index contributed by atoms with van der Waals surface area (Å²) in [5, 5.41) is 3.36. The lowest BCUT2D eigenvalue weighted by Gasteiger charge is -2.20. The van der Waals surface area contributed by atoms with Crippen LogP contribution < -0.4 is 5.32 Å². The first-order valence-electron chi connectivity index (χ1n) is 6.41. The van der Waals surface area contributed by atoms with Crippen LogP contribution in [0.1, 0.15) is 18.9 Å². The zero-order valence-electron chi connectivity index (χ0n) is 10.7. The van der Waals surface area contributed by atoms with Gasteiger partial charge in [-0.05, 0) is 31.0 Å². The van der Waals surface area contributed by atoms with Crippen LogP contribution in [0, 0.1) is 5.82 Å². The van der Waals surface area contributed by atoms with Crippen molar-refractivity contribution in [2.75, 3.05) is 19.6 Å². The molecule has 0 saturated carbocycles. The molecule has 1 heterocycles. The lowest BCUT2D eigenvalue weighted by Crippen LogP contribution is -2.35. The first kappa shape index (κ1) is 13.0. The third-order valence-corrected chi connectivity index (χ3v) is 3.33. The minimum Gasteiger partial charge on any atom is -0.341 e. The van der Waals surface area contributed by atoms with E-state index in [2.05, 4.69) is 12.2 Å². The second kappa shape index (κ2) is 5.96. The Balaban J connectivity index is 1.92. The summed E-state index contributed by atoms with van der Waals surface area (Å²) < 4.78 is 12.8. The molecular formula is C14H19FN2O. The zero-order valence-corrected chi connectivity index (χ0v) is 10.7. The Morgan fingerprint density at radius 3 is 2.83 bits per heavy atom. The minimum atomic E-state index is -0.265. The number of hydrogen-bond donors (Lipinski definition) is 1. The van der Waals surface area contributed by atoms with Crippen molar-refractivity contribution in [3.8, 4) is 0 Å². The van der Waals surface area contributed by atoms with Crippen LogP contribution in [0.15, 0.2) is 24.3 Å². The average molecular weight is 250 g/mol. The quantitative estimate of drug-likeness (QED) is 0.864. The lowest BCUT2D eigenvalue weighted by atomic mass is 10.1. The van der Waals surface area contributed by atoms with Crippen LogP contribution in [-0.4, -0.2) is 36.5 Å². The third-order valence-electron chi connectivity index (χ3n) is 3.33. The van der Waals surface area contributed by atoms with E-state index < -0.39 is 0 Å². The molecule has 3 nitrogen and oxygen atoms in total. The van der Waals surface area contributed by atoms with Crippen molar-refractivity contribution >= 4 is 5.91 Å². The fourth-order valence-electron chi connectivity index (χ4n) is 2.15. The van der Waals surface area contributed by atoms with E-state index in [1.807, 2.05) is 4.90 Å². The predicted octanol–water partition coefficient (Wildman–Crippen LogP) is 1.58. The number of amides is 1. The normalized spacial score (nSPS) is 20.6. The summed E-state index contributed by atoms with van der Waals surface area (Å²) in [5.41, 5.74) is 0.867. The fourth-order valence-corrected chi connectivity index (χ4v) is 2.15. The van der Waals surface area contributed by atoms with Gasteiger partial charge in [-0.1, -0.05) is 12.1 Å². The number of halogens is 1. The van der Waals surface area contributed by atoms with Gasteiger partial charge in [0.2, 0.25) is 5.91 Å². The molecule has 0 spiro atoms. The number of benzene rings is 1. The molecule has 0 radical (unpaired) electrons. The van der Waals surface area contributed by atoms with Crippen molar-refractivity contribution in [1.82, 2.24) is 10.2 Å². The maximum Gasteiger partial charge on any atom is 0.227 e. The number of hydrogen-bond acceptors (Lipinski definition) is 2. The van der Waals surface area contributed by atoms with Crippen LogP contribution in [-0.2, 0) is 11.2 Å². The van der Waals surface area contributed by atoms with Crippen LogP contribution in [0.3, 0.4) is 0 Å². The van der Waals surface area contributed by atoms with Gasteiger partial charge < -0.3 is 10.2 Å². The smallest absolute Gasteiger partial charge is 0.227 e. The number of nitrogens with one attached hydrogen (secondary N) is 1. The Morgan fingerprint density at radius 2 is 2.11 bits per heavy atom. The highest BCUT2D eigenvalue weighted by atomic mass is 19.1. The highest BCUT2D eigenvalue weighted by Crippen LogP contribution is 2.08. The highest BCUT2D eigenvalue weighted by Gasteiger charge is 2.17. The number of carbonyl (C=O) groups excluding carboxylic acids is 1. The van der Waals surface area contributed by atoms with Crippen LogP contribution in [0.5, 0.6) is 0 Å². The van der Waals surface area contributed by atoms with Gasteiger partial charge in [0, 0.05) is 25.7 Å². The second-order valence-corrected chi connectivity index (χ2v) is 4.83. The summed E-state index contributed by atoms with van der Waals surface area (Å²) in [6.07, 6.45) is 1.34. The molecule has 1 fully saturated rings. The molecule has 1 aliphatic rings. The molecule has 4 heteroatoms. The number of nitrogens with zero attached hydrogens (tertiary/aromatic N) is 1. The molecule has 1 aliphatic heterocycles. The Kier molecular flexibility index (Phi) is 4.31. The summed E-state index contributed by atoms with van der Waals surface area (Å²) in [5.74, 6) is -0.142. The Bertz CT molecular complexity index is 405. The third kappa shape index (κ3) is 3.53. The number of rotatable bonds is 2. The maximum atomic E-state index is 12.8. The molecule has 0 bridgehead atoms. The standard InChI is InChI=1S/C14H19FN2O/c1-11-6-8-17(9-7-16-11)14(18)10-12-2-4-13(15)5-3-12/h2-5,11,16H,6-10H2,1H3. The Hall–Kier alpha value is -1.42. The van der Waals surface area contributed by atoms with Crippen molar-refractivity contribution in [3.05, 3.63) is 35.6 Å². The molecule has 0 aromatic heterocycles. The Morgan fingerprint density at radius 1 is 1.39 bits per heavy atom. The van der Waals surface area contributed by atoms with Crippen molar-refractivity contribution in [1.29, 1.82) is 0 Å². The molecule has 1 atom stereocenters. The summed E-state index contributed by atoms with van der Waals surface area (Å²) in [4.78, 5) is 14.0. The van der Waals surface area contributed by atoms with E-state index in [1.165, 1.54) is 12.1 Å². The van der Waals surface area contributed by atoms with Gasteiger partial charge in [-0.3, -0.25) is 4.79 Å². The van der Waals surface area contributed by atoms with Crippen molar-refractivity contribution in [2.45, 2.75) is 25.8 Å². The van der Waals surface area contributed by atoms with E-state index in [-0.39, 0.29) is 11.7 Å². The van der Waals surface area contributed by atoms with E-state index in [1.54, 1.807) is 12.1 Å². The van der Waals surface area contributed by atoms with Gasteiger partial charge in [0.05, 0.1) is 6.42 Å². The largest absolute Gasteiger partial charge is 0.341 e. The summed E-state index contributed by atoms with van der Waals surface area (Å²) >= 11 is 0. The maximum absolute atomic E-state index is 12.8. The monoisotopic (exact) mass is 250 g/mol. The highest BCUT2D eigenvalue weighted by molar-refractivity contribution is 5.78. The first-order valence-corrected chi connectivity index (χ1v) is 6.41. The van der Waals surface area contributed by atoms with Crippen LogP contribution >= 0.6 is 0 Å². The molecule has 1 N–H and O–H groups in total. The molecule has 1 aromatic carbocycles. The van der Waals surface area contributed by atoms with Gasteiger partial charge in [0.25, 0.3) is 0 Å². The zero-order chi connectivity index (χ0) is 13.0. The molecule has 0 aliphatic carbocycles. The van der Waals surface area contributed by atoms with E-state index in [0.29, 0.717) is 12.5 Å². The molecule has 1 amide bonds. The van der Waals surface area contributed by atoms with Gasteiger partial charge in [-0.25, -0.2) is 4.39 Å². The molecule has 18 heavy (non-hydrogen) atoms. The topological polar surface area (TPSA) is 32.3 Å². The molecule has 98 valence electrons. The summed E-state index contributed by atoms with van der Waals surface area (Å²) in [6.45, 7) is 4.53. The van der Waals surface area contributed by atoms with Gasteiger partial charge in [0.15, 0.2) is 0 Å². The van der Waals surface area contributed by atoms with Crippen molar-refractivity contribution in [2.24, 2.45) is 0 Å². The molecule has 2 rings (SSSR count). The predicted molar refractivity (Wildman–Crippen MR) is 68.8 cm³/mol. The summed E-state index contributed by atoms with van der Waals surface area (Å²) in [7, 11) is 0. The molecule has 1 saturated heterocycles. The Labute approximate surface area is 107 Å². The van der Waals surface area contributed by atoms with E-state index >= 15 is 0 Å². The van der Waals surface area contributed by atoms with Gasteiger partial charge in [0.1, 0.15) is 5.82 Å². The van der Waals surface area contributed by atoms with E-state index in [0.717, 1.165) is 31.6 Å². The van der Waals surface area contributed by atoms with E-state index in [9.17, 15) is 9.18 Å². The number of carbonyl (C=O) groups is 1. The summed E-state index contributed by atoms with van der Waals surface area (Å²) in [6, 6.07) is 6.61. The molecular weight excluding hydrogens is 231 g/mol. The average Bonchev–Trinajstić information content (AvgIpc) is 2.57. The van der Waals surface area contributed by atoms with Crippen LogP contribution in [0.2, 0.25) is 0 Å². The lowest BCUT2D eigenvalue weighted by molar-refractivity contribution is -0.130. The molecule has 1 aromatic rings. The van der Waals surface area contributed by atoms with Crippen molar-refractivity contribution in [3.63, 3.8) is 0 Å². The first-order chi connectivity index (χ1) is 8.65. The van der Waals surface area contributed by atoms with Crippen LogP contribution in [0.25, 0.3) is 0 Å². The minimum absolute atomic E-state index is 0.123. The second-order valence-electron chi connectivity index (χ2n) is 4.83. The van der Waals surface area contributed by atoms with Crippen LogP contribution in [0.4, 0.5) is 4.39 Å². The van der Waals surface area contributed by atoms with Gasteiger partial charge in [-0.2, -0.15) is 0 Å². The van der Waals surface area contributed by atoms with E-state index in [4.69, 9.17) is 0 Å². The SMILES string of the molecule is CC1CCN(C(=O)Cc2ccc(F)cc2)CCN1.